The van der Waals surface area contributed by atoms with Crippen LogP contribution in [-0.4, -0.2) is 28.7 Å². The number of nitrogens with zero attached hydrogens (tertiary/aromatic N) is 1. The molecule has 0 unspecified atom stereocenters. The van der Waals surface area contributed by atoms with Gasteiger partial charge in [0.2, 0.25) is 0 Å². The molecule has 0 fully saturated rings. The Morgan fingerprint density at radius 2 is 1.87 bits per heavy atom. The quantitative estimate of drug-likeness (QED) is 0.506. The van der Waals surface area contributed by atoms with E-state index in [-0.39, 0.29) is 6.61 Å². The molecule has 0 radical (unpaired) electrons. The van der Waals surface area contributed by atoms with E-state index in [2.05, 4.69) is 0 Å². The van der Waals surface area contributed by atoms with Crippen LogP contribution in [0.1, 0.15) is 27.6 Å². The third-order valence-electron chi connectivity index (χ3n) is 5.06. The van der Waals surface area contributed by atoms with E-state index < -0.39 is 18.2 Å². The summed E-state index contributed by atoms with van der Waals surface area (Å²) in [5.41, 5.74) is 2.39. The average molecular weight is 458 g/mol. The molecule has 0 bridgehead atoms. The van der Waals surface area contributed by atoms with E-state index in [0.717, 1.165) is 16.0 Å². The van der Waals surface area contributed by atoms with Crippen molar-refractivity contribution in [1.82, 2.24) is 4.90 Å². The average Bonchev–Trinajstić information content (AvgIpc) is 3.16. The second-order valence-corrected chi connectivity index (χ2v) is 8.63. The zero-order valence-corrected chi connectivity index (χ0v) is 18.1. The van der Waals surface area contributed by atoms with Crippen molar-refractivity contribution >= 4 is 35.1 Å². The molecule has 6 nitrogen and oxygen atoms in total. The van der Waals surface area contributed by atoms with Gasteiger partial charge in [0, 0.05) is 23.0 Å². The van der Waals surface area contributed by atoms with Gasteiger partial charge in [-0.3, -0.25) is 9.69 Å². The molecule has 3 aromatic rings. The summed E-state index contributed by atoms with van der Waals surface area (Å²) in [6.45, 7) is 1.13. The molecule has 1 atom stereocenters. The van der Waals surface area contributed by atoms with Gasteiger partial charge >= 0.3 is 12.1 Å². The van der Waals surface area contributed by atoms with Crippen molar-refractivity contribution in [3.8, 4) is 5.06 Å². The van der Waals surface area contributed by atoms with Gasteiger partial charge in [0.15, 0.2) is 5.06 Å². The van der Waals surface area contributed by atoms with Gasteiger partial charge in [0.1, 0.15) is 12.6 Å². The van der Waals surface area contributed by atoms with Gasteiger partial charge in [-0.15, -0.1) is 11.3 Å². The third-order valence-corrected chi connectivity index (χ3v) is 6.52. The highest BCUT2D eigenvalue weighted by atomic mass is 35.5. The number of carboxylic acids is 1. The van der Waals surface area contributed by atoms with E-state index in [0.29, 0.717) is 35.2 Å². The van der Waals surface area contributed by atoms with Gasteiger partial charge in [0.25, 0.3) is 0 Å². The molecule has 0 amide bonds. The minimum Gasteiger partial charge on any atom is -0.480 e. The number of aliphatic carboxylic acids is 1. The van der Waals surface area contributed by atoms with E-state index in [1.807, 2.05) is 35.2 Å². The Kier molecular flexibility index (Phi) is 6.56. The molecule has 2 heterocycles. The summed E-state index contributed by atoms with van der Waals surface area (Å²) in [5.74, 6) is -0.951. The van der Waals surface area contributed by atoms with Crippen LogP contribution < -0.4 is 4.74 Å². The molecule has 1 aliphatic heterocycles. The summed E-state index contributed by atoms with van der Waals surface area (Å²) in [6.07, 6.45) is -0.102. The summed E-state index contributed by atoms with van der Waals surface area (Å²) in [7, 11) is 0. The van der Waals surface area contributed by atoms with Gasteiger partial charge in [0.05, 0.1) is 0 Å². The number of carboxylic acid groups (broad SMARTS) is 1. The first-order chi connectivity index (χ1) is 15.0. The Hall–Kier alpha value is -2.87. The first kappa shape index (κ1) is 21.4. The SMILES string of the molecule is O=C(OCc1ccccc1)Oc1cc2c(s1)CCN([C@H](C(=O)O)c1ccccc1Cl)C2. The molecule has 1 N–H and O–H groups in total. The smallest absolute Gasteiger partial charge is 0.480 e. The van der Waals surface area contributed by atoms with Crippen LogP contribution in [0.3, 0.4) is 0 Å². The van der Waals surface area contributed by atoms with Crippen LogP contribution in [0.4, 0.5) is 4.79 Å². The molecule has 0 aliphatic carbocycles. The monoisotopic (exact) mass is 457 g/mol. The van der Waals surface area contributed by atoms with Gasteiger partial charge in [-0.25, -0.2) is 4.79 Å². The summed E-state index contributed by atoms with van der Waals surface area (Å²) >= 11 is 7.64. The molecule has 1 aromatic heterocycles. The lowest BCUT2D eigenvalue weighted by molar-refractivity contribution is -0.144. The van der Waals surface area contributed by atoms with E-state index >= 15 is 0 Å². The first-order valence-corrected chi connectivity index (χ1v) is 10.9. The molecule has 8 heteroatoms. The number of halogens is 1. The number of hydrogen-bond acceptors (Lipinski definition) is 6. The molecule has 0 spiro atoms. The molecule has 4 rings (SSSR count). The van der Waals surface area contributed by atoms with Crippen LogP contribution in [0.2, 0.25) is 5.02 Å². The fourth-order valence-corrected chi connectivity index (χ4v) is 4.85. The highest BCUT2D eigenvalue weighted by Crippen LogP contribution is 2.37. The Bertz CT molecular complexity index is 1080. The summed E-state index contributed by atoms with van der Waals surface area (Å²) in [5, 5.41) is 10.7. The second-order valence-electron chi connectivity index (χ2n) is 7.12. The largest absolute Gasteiger partial charge is 0.514 e. The number of rotatable bonds is 6. The predicted molar refractivity (Wildman–Crippen MR) is 118 cm³/mol. The van der Waals surface area contributed by atoms with Crippen molar-refractivity contribution in [2.24, 2.45) is 0 Å². The number of benzene rings is 2. The van der Waals surface area contributed by atoms with Gasteiger partial charge in [-0.2, -0.15) is 0 Å². The number of thiophene rings is 1. The van der Waals surface area contributed by atoms with Gasteiger partial charge in [-0.1, -0.05) is 60.1 Å². The first-order valence-electron chi connectivity index (χ1n) is 9.72. The maximum Gasteiger partial charge on any atom is 0.514 e. The summed E-state index contributed by atoms with van der Waals surface area (Å²) in [6, 6.07) is 17.3. The molecule has 1 aliphatic rings. The van der Waals surface area contributed by atoms with Crippen molar-refractivity contribution in [1.29, 1.82) is 0 Å². The molecule has 160 valence electrons. The summed E-state index contributed by atoms with van der Waals surface area (Å²) < 4.78 is 10.5. The lowest BCUT2D eigenvalue weighted by Crippen LogP contribution is -2.37. The lowest BCUT2D eigenvalue weighted by atomic mass is 10.0. The maximum atomic E-state index is 12.0. The maximum absolute atomic E-state index is 12.0. The predicted octanol–water partition coefficient (Wildman–Crippen LogP) is 5.30. The van der Waals surface area contributed by atoms with Crippen LogP contribution in [-0.2, 0) is 29.1 Å². The fourth-order valence-electron chi connectivity index (χ4n) is 3.61. The van der Waals surface area contributed by atoms with Gasteiger partial charge < -0.3 is 14.6 Å². The third kappa shape index (κ3) is 5.07. The number of carbonyl (C=O) groups is 2. The standard InChI is InChI=1S/C23H20ClNO5S/c24-18-9-5-4-8-17(18)21(22(26)27)25-11-10-19-16(13-25)12-20(31-19)30-23(28)29-14-15-6-2-1-3-7-15/h1-9,12,21H,10-11,13-14H2,(H,26,27)/t21-/m0/s1. The van der Waals surface area contributed by atoms with Crippen LogP contribution in [0.5, 0.6) is 5.06 Å². The number of carbonyl (C=O) groups excluding carboxylic acids is 1. The Balaban J connectivity index is 1.42. The van der Waals surface area contributed by atoms with Crippen LogP contribution >= 0.6 is 22.9 Å². The van der Waals surface area contributed by atoms with Gasteiger partial charge in [-0.05, 0) is 35.2 Å². The molecule has 2 aromatic carbocycles. The topological polar surface area (TPSA) is 76.1 Å². The summed E-state index contributed by atoms with van der Waals surface area (Å²) in [4.78, 5) is 27.0. The fraction of sp³-hybridized carbons (Fsp3) is 0.217. The van der Waals surface area contributed by atoms with Crippen LogP contribution in [0, 0.1) is 0 Å². The van der Waals surface area contributed by atoms with Crippen molar-refractivity contribution in [2.75, 3.05) is 6.54 Å². The van der Waals surface area contributed by atoms with Crippen molar-refractivity contribution in [2.45, 2.75) is 25.6 Å². The van der Waals surface area contributed by atoms with Crippen molar-refractivity contribution < 1.29 is 24.2 Å². The zero-order chi connectivity index (χ0) is 21.8. The van der Waals surface area contributed by atoms with Crippen LogP contribution in [0.15, 0.2) is 60.7 Å². The molecule has 31 heavy (non-hydrogen) atoms. The Labute approximate surface area is 188 Å². The second kappa shape index (κ2) is 9.51. The number of fused-ring (bicyclic) bond motifs is 1. The lowest BCUT2D eigenvalue weighted by Gasteiger charge is -2.32. The van der Waals surface area contributed by atoms with E-state index in [9.17, 15) is 14.7 Å². The highest BCUT2D eigenvalue weighted by Gasteiger charge is 2.32. The molecule has 0 saturated heterocycles. The highest BCUT2D eigenvalue weighted by molar-refractivity contribution is 7.14. The molecular weight excluding hydrogens is 438 g/mol. The van der Waals surface area contributed by atoms with E-state index in [4.69, 9.17) is 21.1 Å². The molecule has 0 saturated carbocycles. The normalized spacial score (nSPS) is 14.5. The van der Waals surface area contributed by atoms with E-state index in [1.165, 1.54) is 11.3 Å². The number of ether oxygens (including phenoxy) is 2. The van der Waals surface area contributed by atoms with Crippen molar-refractivity contribution in [3.05, 3.63) is 87.3 Å². The Morgan fingerprint density at radius 1 is 1.13 bits per heavy atom. The zero-order valence-electron chi connectivity index (χ0n) is 16.5. The number of hydrogen-bond donors (Lipinski definition) is 1. The van der Waals surface area contributed by atoms with Crippen molar-refractivity contribution in [3.63, 3.8) is 0 Å². The minimum atomic E-state index is -0.951. The Morgan fingerprint density at radius 3 is 2.61 bits per heavy atom. The minimum absolute atomic E-state index is 0.136. The molecular formula is C23H20ClNO5S. The van der Waals surface area contributed by atoms with Crippen LogP contribution in [0.25, 0.3) is 0 Å². The van der Waals surface area contributed by atoms with E-state index in [1.54, 1.807) is 30.3 Å².